The van der Waals surface area contributed by atoms with Gasteiger partial charge in [0.2, 0.25) is 0 Å². The van der Waals surface area contributed by atoms with Gasteiger partial charge in [-0.2, -0.15) is 4.98 Å². The summed E-state index contributed by atoms with van der Waals surface area (Å²) in [5.74, 6) is 2.04. The van der Waals surface area contributed by atoms with Crippen LogP contribution in [0.2, 0.25) is 0 Å². The van der Waals surface area contributed by atoms with E-state index in [0.29, 0.717) is 28.3 Å². The maximum atomic E-state index is 5.72. The summed E-state index contributed by atoms with van der Waals surface area (Å²) in [4.78, 5) is 12.5. The van der Waals surface area contributed by atoms with Crippen molar-refractivity contribution < 1.29 is 4.52 Å². The zero-order valence-electron chi connectivity index (χ0n) is 10.4. The van der Waals surface area contributed by atoms with Crippen LogP contribution < -0.4 is 5.73 Å². The summed E-state index contributed by atoms with van der Waals surface area (Å²) in [6.45, 7) is 0. The monoisotopic (exact) mass is 285 g/mol. The Morgan fingerprint density at radius 1 is 1.10 bits per heavy atom. The van der Waals surface area contributed by atoms with Gasteiger partial charge in [-0.3, -0.25) is 0 Å². The molecular formula is C13H11N5OS. The summed E-state index contributed by atoms with van der Waals surface area (Å²) in [5.41, 5.74) is 6.62. The Morgan fingerprint density at radius 2 is 1.90 bits per heavy atom. The van der Waals surface area contributed by atoms with Crippen LogP contribution in [0.3, 0.4) is 0 Å². The average Bonchev–Trinajstić information content (AvgIpc) is 2.96. The minimum atomic E-state index is 0.407. The second-order valence-electron chi connectivity index (χ2n) is 3.92. The molecule has 0 unspecified atom stereocenters. The first kappa shape index (κ1) is 12.6. The van der Waals surface area contributed by atoms with E-state index in [-0.39, 0.29) is 0 Å². The molecule has 3 rings (SSSR count). The van der Waals surface area contributed by atoms with Gasteiger partial charge in [0.25, 0.3) is 5.89 Å². The first-order chi connectivity index (χ1) is 9.83. The third-order valence-electron chi connectivity index (χ3n) is 2.52. The van der Waals surface area contributed by atoms with Crippen molar-refractivity contribution in [2.75, 3.05) is 5.73 Å². The molecule has 2 heterocycles. The lowest BCUT2D eigenvalue weighted by molar-refractivity contribution is 0.425. The van der Waals surface area contributed by atoms with Crippen LogP contribution in [0.1, 0.15) is 5.82 Å². The SMILES string of the molecule is Nc1nccnc1SCc1noc(-c2ccccc2)n1. The number of anilines is 1. The Hall–Kier alpha value is -2.41. The van der Waals surface area contributed by atoms with Crippen molar-refractivity contribution in [1.82, 2.24) is 20.1 Å². The molecule has 0 aliphatic heterocycles. The average molecular weight is 285 g/mol. The number of aromatic nitrogens is 4. The van der Waals surface area contributed by atoms with Gasteiger partial charge in [0.15, 0.2) is 11.6 Å². The second kappa shape index (κ2) is 5.70. The van der Waals surface area contributed by atoms with Gasteiger partial charge in [-0.1, -0.05) is 35.1 Å². The summed E-state index contributed by atoms with van der Waals surface area (Å²) >= 11 is 1.43. The van der Waals surface area contributed by atoms with Crippen LogP contribution in [0.25, 0.3) is 11.5 Å². The molecule has 0 fully saturated rings. The molecule has 0 aliphatic rings. The summed E-state index contributed by atoms with van der Waals surface area (Å²) in [6, 6.07) is 9.63. The standard InChI is InChI=1S/C13H11N5OS/c14-11-13(16-7-6-15-11)20-8-10-17-12(19-18-10)9-4-2-1-3-5-9/h1-7H,8H2,(H2,14,15). The molecule has 0 radical (unpaired) electrons. The first-order valence-electron chi connectivity index (χ1n) is 5.90. The Labute approximate surface area is 119 Å². The molecular weight excluding hydrogens is 274 g/mol. The molecule has 0 saturated carbocycles. The van der Waals surface area contributed by atoms with Gasteiger partial charge in [0, 0.05) is 18.0 Å². The second-order valence-corrected chi connectivity index (χ2v) is 4.88. The van der Waals surface area contributed by atoms with Crippen LogP contribution in [-0.2, 0) is 5.75 Å². The highest BCUT2D eigenvalue weighted by Gasteiger charge is 2.10. The summed E-state index contributed by atoms with van der Waals surface area (Å²) in [7, 11) is 0. The minimum Gasteiger partial charge on any atom is -0.381 e. The topological polar surface area (TPSA) is 90.7 Å². The van der Waals surface area contributed by atoms with Crippen LogP contribution >= 0.6 is 11.8 Å². The smallest absolute Gasteiger partial charge is 0.257 e. The molecule has 0 spiro atoms. The van der Waals surface area contributed by atoms with Crippen molar-refractivity contribution >= 4 is 17.6 Å². The van der Waals surface area contributed by atoms with E-state index in [1.165, 1.54) is 11.8 Å². The van der Waals surface area contributed by atoms with Crippen LogP contribution in [0.4, 0.5) is 5.82 Å². The largest absolute Gasteiger partial charge is 0.381 e. The van der Waals surface area contributed by atoms with Crippen molar-refractivity contribution in [3.63, 3.8) is 0 Å². The molecule has 20 heavy (non-hydrogen) atoms. The van der Waals surface area contributed by atoms with Crippen molar-refractivity contribution in [3.05, 3.63) is 48.5 Å². The molecule has 2 N–H and O–H groups in total. The quantitative estimate of drug-likeness (QED) is 0.736. The van der Waals surface area contributed by atoms with Crippen molar-refractivity contribution in [2.24, 2.45) is 0 Å². The zero-order valence-corrected chi connectivity index (χ0v) is 11.2. The Morgan fingerprint density at radius 3 is 2.70 bits per heavy atom. The number of nitrogen functional groups attached to an aromatic ring is 1. The molecule has 2 aromatic heterocycles. The van der Waals surface area contributed by atoms with Crippen molar-refractivity contribution in [1.29, 1.82) is 0 Å². The van der Waals surface area contributed by atoms with Gasteiger partial charge < -0.3 is 10.3 Å². The Kier molecular flexibility index (Phi) is 3.60. The normalized spacial score (nSPS) is 10.6. The Balaban J connectivity index is 1.71. The minimum absolute atomic E-state index is 0.407. The summed E-state index contributed by atoms with van der Waals surface area (Å²) in [6.07, 6.45) is 3.16. The van der Waals surface area contributed by atoms with Crippen LogP contribution in [0.15, 0.2) is 52.3 Å². The number of nitrogens with zero attached hydrogens (tertiary/aromatic N) is 4. The fraction of sp³-hybridized carbons (Fsp3) is 0.0769. The molecule has 0 aliphatic carbocycles. The van der Waals surface area contributed by atoms with E-state index in [1.807, 2.05) is 30.3 Å². The third-order valence-corrected chi connectivity index (χ3v) is 3.51. The predicted molar refractivity (Wildman–Crippen MR) is 75.7 cm³/mol. The molecule has 0 saturated heterocycles. The van der Waals surface area contributed by atoms with Gasteiger partial charge in [0.1, 0.15) is 5.03 Å². The highest BCUT2D eigenvalue weighted by atomic mass is 32.2. The summed E-state index contributed by atoms with van der Waals surface area (Å²) < 4.78 is 5.23. The van der Waals surface area contributed by atoms with E-state index >= 15 is 0 Å². The van der Waals surface area contributed by atoms with Crippen LogP contribution in [0, 0.1) is 0 Å². The van der Waals surface area contributed by atoms with Gasteiger partial charge in [-0.05, 0) is 12.1 Å². The number of thioether (sulfide) groups is 1. The maximum absolute atomic E-state index is 5.72. The van der Waals surface area contributed by atoms with Crippen LogP contribution in [0.5, 0.6) is 0 Å². The highest BCUT2D eigenvalue weighted by Crippen LogP contribution is 2.24. The van der Waals surface area contributed by atoms with Crippen molar-refractivity contribution in [3.8, 4) is 11.5 Å². The Bertz CT molecular complexity index is 701. The maximum Gasteiger partial charge on any atom is 0.257 e. The molecule has 7 heteroatoms. The molecule has 3 aromatic rings. The number of benzene rings is 1. The molecule has 6 nitrogen and oxygen atoms in total. The summed E-state index contributed by atoms with van der Waals surface area (Å²) in [5, 5.41) is 4.61. The van der Waals surface area contributed by atoms with E-state index in [2.05, 4.69) is 20.1 Å². The predicted octanol–water partition coefficient (Wildman–Crippen LogP) is 2.40. The zero-order chi connectivity index (χ0) is 13.8. The van der Waals surface area contributed by atoms with E-state index < -0.39 is 0 Å². The highest BCUT2D eigenvalue weighted by molar-refractivity contribution is 7.98. The van der Waals surface area contributed by atoms with E-state index in [4.69, 9.17) is 10.3 Å². The fourth-order valence-electron chi connectivity index (χ4n) is 1.59. The fourth-order valence-corrected chi connectivity index (χ4v) is 2.31. The lowest BCUT2D eigenvalue weighted by Crippen LogP contribution is -1.95. The van der Waals surface area contributed by atoms with Crippen LogP contribution in [-0.4, -0.2) is 20.1 Å². The van der Waals surface area contributed by atoms with Gasteiger partial charge in [-0.15, -0.1) is 0 Å². The van der Waals surface area contributed by atoms with Crippen molar-refractivity contribution in [2.45, 2.75) is 10.8 Å². The lowest BCUT2D eigenvalue weighted by Gasteiger charge is -1.99. The molecule has 0 bridgehead atoms. The van der Waals surface area contributed by atoms with Gasteiger partial charge in [-0.25, -0.2) is 9.97 Å². The number of hydrogen-bond acceptors (Lipinski definition) is 7. The first-order valence-corrected chi connectivity index (χ1v) is 6.89. The van der Waals surface area contributed by atoms with E-state index in [0.717, 1.165) is 5.56 Å². The van der Waals surface area contributed by atoms with Gasteiger partial charge >= 0.3 is 0 Å². The molecule has 0 atom stereocenters. The van der Waals surface area contributed by atoms with E-state index in [9.17, 15) is 0 Å². The number of nitrogens with two attached hydrogens (primary N) is 1. The number of hydrogen-bond donors (Lipinski definition) is 1. The molecule has 100 valence electrons. The molecule has 0 amide bonds. The van der Waals surface area contributed by atoms with E-state index in [1.54, 1.807) is 12.4 Å². The van der Waals surface area contributed by atoms with Gasteiger partial charge in [0.05, 0.1) is 5.75 Å². The lowest BCUT2D eigenvalue weighted by atomic mass is 10.2. The third kappa shape index (κ3) is 2.77. The number of rotatable bonds is 4. The molecule has 1 aromatic carbocycles.